The van der Waals surface area contributed by atoms with Crippen LogP contribution in [0.5, 0.6) is 0 Å². The molecule has 10 rings (SSSR count). The lowest BCUT2D eigenvalue weighted by molar-refractivity contribution is 1.30. The lowest BCUT2D eigenvalue weighted by Gasteiger charge is -2.26. The van der Waals surface area contributed by atoms with Crippen molar-refractivity contribution in [3.63, 3.8) is 0 Å². The molecule has 50 heavy (non-hydrogen) atoms. The molecule has 0 aliphatic rings. The van der Waals surface area contributed by atoms with Crippen LogP contribution in [-0.4, -0.2) is 4.98 Å². The van der Waals surface area contributed by atoms with Gasteiger partial charge in [0.25, 0.3) is 0 Å². The molecular weight excluding hydrogens is 625 g/mol. The minimum absolute atomic E-state index is 1.11. The molecule has 10 aromatic rings. The molecule has 0 atom stereocenters. The number of benzene rings is 8. The Kier molecular flexibility index (Phi) is 6.71. The van der Waals surface area contributed by atoms with Gasteiger partial charge in [0.1, 0.15) is 0 Å². The van der Waals surface area contributed by atoms with Gasteiger partial charge in [-0.1, -0.05) is 127 Å². The zero-order valence-corrected chi connectivity index (χ0v) is 27.9. The fourth-order valence-electron chi connectivity index (χ4n) is 7.57. The average molecular weight is 655 g/mol. The summed E-state index contributed by atoms with van der Waals surface area (Å²) in [6, 6.07) is 61.8. The topological polar surface area (TPSA) is 16.1 Å². The average Bonchev–Trinajstić information content (AvgIpc) is 3.58. The molecule has 0 spiro atoms. The standard InChI is InChI=1S/C47H30N2S/c1-2-9-31(10-3-1)32-19-23-36(24-20-32)49(44-16-8-15-41-43-30-48-28-27-45(43)50-47(41)44)37-25-21-34(22-26-37)42-29-35-18-17-33-11-4-5-12-38(33)46(35)40-14-7-6-13-39(40)42/h1-30H. The summed E-state index contributed by atoms with van der Waals surface area (Å²) < 4.78 is 2.49. The van der Waals surface area contributed by atoms with Gasteiger partial charge in [-0.15, -0.1) is 11.3 Å². The highest BCUT2D eigenvalue weighted by molar-refractivity contribution is 7.26. The van der Waals surface area contributed by atoms with Gasteiger partial charge in [-0.05, 0) is 97.0 Å². The van der Waals surface area contributed by atoms with Crippen LogP contribution in [0.15, 0.2) is 182 Å². The Morgan fingerprint density at radius 2 is 1.08 bits per heavy atom. The van der Waals surface area contributed by atoms with Crippen molar-refractivity contribution in [2.24, 2.45) is 0 Å². The van der Waals surface area contributed by atoms with Gasteiger partial charge in [0, 0.05) is 39.2 Å². The molecule has 0 aliphatic heterocycles. The van der Waals surface area contributed by atoms with E-state index in [0.717, 1.165) is 17.1 Å². The molecule has 0 saturated carbocycles. The van der Waals surface area contributed by atoms with Crippen LogP contribution in [0.2, 0.25) is 0 Å². The van der Waals surface area contributed by atoms with E-state index in [1.165, 1.54) is 74.7 Å². The van der Waals surface area contributed by atoms with Crippen LogP contribution < -0.4 is 4.90 Å². The van der Waals surface area contributed by atoms with E-state index in [1.54, 1.807) is 0 Å². The molecule has 0 bridgehead atoms. The zero-order valence-electron chi connectivity index (χ0n) is 27.1. The van der Waals surface area contributed by atoms with Gasteiger partial charge in [-0.25, -0.2) is 0 Å². The van der Waals surface area contributed by atoms with Crippen molar-refractivity contribution >= 4 is 80.9 Å². The third kappa shape index (κ3) is 4.67. The Balaban J connectivity index is 1.14. The quantitative estimate of drug-likeness (QED) is 0.172. The molecule has 0 unspecified atom stereocenters. The minimum atomic E-state index is 1.11. The minimum Gasteiger partial charge on any atom is -0.309 e. The fraction of sp³-hybridized carbons (Fsp3) is 0. The maximum atomic E-state index is 4.45. The highest BCUT2D eigenvalue weighted by Crippen LogP contribution is 2.45. The van der Waals surface area contributed by atoms with E-state index in [4.69, 9.17) is 0 Å². The maximum absolute atomic E-state index is 4.45. The molecule has 0 aliphatic carbocycles. The first kappa shape index (κ1) is 28.7. The van der Waals surface area contributed by atoms with E-state index in [0.29, 0.717) is 0 Å². The smallest absolute Gasteiger partial charge is 0.0640 e. The largest absolute Gasteiger partial charge is 0.309 e. The van der Waals surface area contributed by atoms with Crippen LogP contribution in [0.4, 0.5) is 17.1 Å². The molecule has 2 nitrogen and oxygen atoms in total. The van der Waals surface area contributed by atoms with Crippen LogP contribution in [0, 0.1) is 0 Å². The van der Waals surface area contributed by atoms with Gasteiger partial charge in [-0.3, -0.25) is 4.98 Å². The van der Waals surface area contributed by atoms with Crippen molar-refractivity contribution in [3.8, 4) is 22.3 Å². The molecule has 0 saturated heterocycles. The predicted molar refractivity (Wildman–Crippen MR) is 215 cm³/mol. The summed E-state index contributed by atoms with van der Waals surface area (Å²) in [7, 11) is 0. The normalized spacial score (nSPS) is 11.6. The van der Waals surface area contributed by atoms with Gasteiger partial charge in [0.05, 0.1) is 10.4 Å². The fourth-order valence-corrected chi connectivity index (χ4v) is 8.74. The molecule has 3 heteroatoms. The molecule has 2 aromatic heterocycles. The summed E-state index contributed by atoms with van der Waals surface area (Å²) in [5, 5.41) is 10.1. The first-order valence-corrected chi connectivity index (χ1v) is 17.8. The third-order valence-corrected chi connectivity index (χ3v) is 11.1. The summed E-state index contributed by atoms with van der Waals surface area (Å²) in [5.74, 6) is 0. The molecular formula is C47H30N2S. The van der Waals surface area contributed by atoms with Crippen molar-refractivity contribution < 1.29 is 0 Å². The number of aromatic nitrogens is 1. The van der Waals surface area contributed by atoms with E-state index < -0.39 is 0 Å². The number of thiophene rings is 1. The predicted octanol–water partition coefficient (Wildman–Crippen LogP) is 13.7. The van der Waals surface area contributed by atoms with Crippen molar-refractivity contribution in [1.82, 2.24) is 4.98 Å². The summed E-state index contributed by atoms with van der Waals surface area (Å²) in [5.41, 5.74) is 8.24. The number of nitrogens with zero attached hydrogens (tertiary/aromatic N) is 2. The van der Waals surface area contributed by atoms with Crippen LogP contribution in [0.3, 0.4) is 0 Å². The van der Waals surface area contributed by atoms with Crippen LogP contribution in [-0.2, 0) is 0 Å². The number of pyridine rings is 1. The Labute approximate surface area is 294 Å². The Bertz CT molecular complexity index is 2850. The van der Waals surface area contributed by atoms with Gasteiger partial charge < -0.3 is 4.90 Å². The summed E-state index contributed by atoms with van der Waals surface area (Å²) in [6.45, 7) is 0. The maximum Gasteiger partial charge on any atom is 0.0640 e. The molecule has 0 fully saturated rings. The number of hydrogen-bond acceptors (Lipinski definition) is 3. The number of rotatable bonds is 5. The lowest BCUT2D eigenvalue weighted by Crippen LogP contribution is -2.10. The third-order valence-electron chi connectivity index (χ3n) is 9.94. The Morgan fingerprint density at radius 3 is 1.88 bits per heavy atom. The molecule has 0 N–H and O–H groups in total. The van der Waals surface area contributed by atoms with E-state index >= 15 is 0 Å². The van der Waals surface area contributed by atoms with Crippen molar-refractivity contribution in [2.75, 3.05) is 4.90 Å². The summed E-state index contributed by atoms with van der Waals surface area (Å²) in [4.78, 5) is 6.85. The van der Waals surface area contributed by atoms with Crippen LogP contribution in [0.25, 0.3) is 74.7 Å². The molecule has 8 aromatic carbocycles. The Morgan fingerprint density at radius 1 is 0.440 bits per heavy atom. The second-order valence-electron chi connectivity index (χ2n) is 12.8. The SMILES string of the molecule is c1ccc(-c2ccc(N(c3ccc(-c4cc5ccc6ccccc6c5c5ccccc45)cc3)c3cccc4c3sc3ccncc34)cc2)cc1. The zero-order chi connectivity index (χ0) is 33.0. The Hall–Kier alpha value is -6.29. The van der Waals surface area contributed by atoms with Crippen molar-refractivity contribution in [3.05, 3.63) is 182 Å². The van der Waals surface area contributed by atoms with Gasteiger partial charge in [-0.2, -0.15) is 0 Å². The molecule has 2 heterocycles. The molecule has 0 radical (unpaired) electrons. The monoisotopic (exact) mass is 654 g/mol. The van der Waals surface area contributed by atoms with E-state index in [2.05, 4.69) is 180 Å². The van der Waals surface area contributed by atoms with Gasteiger partial charge in [0.15, 0.2) is 0 Å². The lowest BCUT2D eigenvalue weighted by atomic mass is 9.90. The second-order valence-corrected chi connectivity index (χ2v) is 13.8. The van der Waals surface area contributed by atoms with E-state index in [1.807, 2.05) is 23.7 Å². The number of fused-ring (bicyclic) bond motifs is 8. The van der Waals surface area contributed by atoms with Crippen molar-refractivity contribution in [2.45, 2.75) is 0 Å². The van der Waals surface area contributed by atoms with E-state index in [-0.39, 0.29) is 0 Å². The number of hydrogen-bond donors (Lipinski definition) is 0. The number of anilines is 3. The van der Waals surface area contributed by atoms with Crippen LogP contribution in [0.1, 0.15) is 0 Å². The van der Waals surface area contributed by atoms with Gasteiger partial charge >= 0.3 is 0 Å². The first-order chi connectivity index (χ1) is 24.8. The highest BCUT2D eigenvalue weighted by atomic mass is 32.1. The van der Waals surface area contributed by atoms with Crippen molar-refractivity contribution in [1.29, 1.82) is 0 Å². The molecule has 234 valence electrons. The summed E-state index contributed by atoms with van der Waals surface area (Å²) >= 11 is 1.83. The second kappa shape index (κ2) is 11.7. The van der Waals surface area contributed by atoms with Gasteiger partial charge in [0.2, 0.25) is 0 Å². The van der Waals surface area contributed by atoms with Crippen LogP contribution >= 0.6 is 11.3 Å². The first-order valence-electron chi connectivity index (χ1n) is 16.9. The molecule has 0 amide bonds. The van der Waals surface area contributed by atoms with E-state index in [9.17, 15) is 0 Å². The highest BCUT2D eigenvalue weighted by Gasteiger charge is 2.19. The summed E-state index contributed by atoms with van der Waals surface area (Å²) in [6.07, 6.45) is 3.87.